The van der Waals surface area contributed by atoms with Crippen LogP contribution in [0.5, 0.6) is 5.75 Å². The number of amides is 1. The summed E-state index contributed by atoms with van der Waals surface area (Å²) in [5.74, 6) is 2.47. The lowest BCUT2D eigenvalue weighted by atomic mass is 10.1. The number of carbonyl (C=O) groups excluding carboxylic acids is 1. The van der Waals surface area contributed by atoms with Crippen LogP contribution in [0.15, 0.2) is 54.6 Å². The highest BCUT2D eigenvalue weighted by Gasteiger charge is 2.47. The van der Waals surface area contributed by atoms with E-state index in [4.69, 9.17) is 20.4 Å². The van der Waals surface area contributed by atoms with Crippen LogP contribution in [0, 0.1) is 11.8 Å². The van der Waals surface area contributed by atoms with Gasteiger partial charge in [0.1, 0.15) is 22.6 Å². The minimum Gasteiger partial charge on any atom is -0.494 e. The molecule has 1 saturated heterocycles. The van der Waals surface area contributed by atoms with Crippen molar-refractivity contribution in [3.8, 4) is 28.7 Å². The van der Waals surface area contributed by atoms with Crippen LogP contribution in [0.3, 0.4) is 0 Å². The second-order valence-electron chi connectivity index (χ2n) is 12.8. The van der Waals surface area contributed by atoms with E-state index in [0.717, 1.165) is 81.8 Å². The van der Waals surface area contributed by atoms with Gasteiger partial charge in [0.05, 0.1) is 29.5 Å². The van der Waals surface area contributed by atoms with Crippen molar-refractivity contribution in [1.82, 2.24) is 34.2 Å². The monoisotopic (exact) mass is 586 g/mol. The summed E-state index contributed by atoms with van der Waals surface area (Å²) in [4.78, 5) is 26.0. The van der Waals surface area contributed by atoms with E-state index < -0.39 is 0 Å². The molecule has 10 nitrogen and oxygen atoms in total. The van der Waals surface area contributed by atoms with Crippen LogP contribution in [-0.4, -0.2) is 65.8 Å². The smallest absolute Gasteiger partial charge is 0.254 e. The zero-order valence-corrected chi connectivity index (χ0v) is 24.8. The van der Waals surface area contributed by atoms with Gasteiger partial charge in [0.2, 0.25) is 0 Å². The number of pyridine rings is 1. The number of aromatic nitrogens is 6. The Morgan fingerprint density at radius 2 is 1.93 bits per heavy atom. The minimum absolute atomic E-state index is 0.00511. The van der Waals surface area contributed by atoms with Crippen LogP contribution in [0.25, 0.3) is 55.9 Å². The first-order valence-corrected chi connectivity index (χ1v) is 15.5. The summed E-state index contributed by atoms with van der Waals surface area (Å²) in [6.07, 6.45) is 4.51. The number of aryl methyl sites for hydroxylation is 1. The number of hydrogen-bond donors (Lipinski definition) is 2. The third-order valence-corrected chi connectivity index (χ3v) is 10.1. The number of carbonyl (C=O) groups is 1. The highest BCUT2D eigenvalue weighted by molar-refractivity contribution is 6.01. The van der Waals surface area contributed by atoms with E-state index in [0.29, 0.717) is 23.1 Å². The Morgan fingerprint density at radius 1 is 1.07 bits per heavy atom. The van der Waals surface area contributed by atoms with E-state index in [1.807, 2.05) is 48.3 Å². The summed E-state index contributed by atoms with van der Waals surface area (Å²) in [7, 11) is 3.67. The first-order chi connectivity index (χ1) is 21.5. The Labute approximate surface area is 253 Å². The Morgan fingerprint density at radius 3 is 2.70 bits per heavy atom. The number of rotatable bonds is 6. The van der Waals surface area contributed by atoms with Crippen LogP contribution in [0.4, 0.5) is 0 Å². The number of H-pyrrole nitrogens is 1. The molecule has 10 heteroatoms. The molecule has 3 aliphatic rings. The first-order valence-electron chi connectivity index (χ1n) is 15.5. The molecule has 1 amide bonds. The average Bonchev–Trinajstić information content (AvgIpc) is 3.30. The van der Waals surface area contributed by atoms with E-state index in [2.05, 4.69) is 37.5 Å². The lowest BCUT2D eigenvalue weighted by Crippen LogP contribution is -2.41. The van der Waals surface area contributed by atoms with Crippen molar-refractivity contribution in [2.75, 3.05) is 13.7 Å². The van der Waals surface area contributed by atoms with Gasteiger partial charge in [-0.15, -0.1) is 0 Å². The number of fused-ring (bicyclic) bond motifs is 5. The van der Waals surface area contributed by atoms with Gasteiger partial charge in [0.25, 0.3) is 5.91 Å². The zero-order chi connectivity index (χ0) is 29.7. The third kappa shape index (κ3) is 3.76. The molecule has 44 heavy (non-hydrogen) atoms. The van der Waals surface area contributed by atoms with Gasteiger partial charge >= 0.3 is 0 Å². The molecular weight excluding hydrogens is 552 g/mol. The fraction of sp³-hybridized carbons (Fsp3) is 0.353. The SMILES string of the molecule is COc1cc(C(=O)N2CC3CCC2[C@@H]3N)cc2nc(-c3cc4ccc(-c5n[nH]c6ccccc56)nc4n3CC3CC3)n(C)c12. The summed E-state index contributed by atoms with van der Waals surface area (Å²) in [6, 6.07) is 18.4. The number of hydrogen-bond acceptors (Lipinski definition) is 6. The molecular formula is C34H34N8O2. The maximum Gasteiger partial charge on any atom is 0.254 e. The lowest BCUT2D eigenvalue weighted by Gasteiger charge is -2.27. The second kappa shape index (κ2) is 9.40. The van der Waals surface area contributed by atoms with Crippen molar-refractivity contribution in [3.63, 3.8) is 0 Å². The van der Waals surface area contributed by atoms with Gasteiger partial charge in [-0.25, -0.2) is 9.97 Å². The molecule has 0 radical (unpaired) electrons. The molecule has 6 aromatic rings. The van der Waals surface area contributed by atoms with E-state index in [9.17, 15) is 4.79 Å². The van der Waals surface area contributed by atoms with Crippen LogP contribution in [0.1, 0.15) is 36.0 Å². The molecule has 9 rings (SSSR count). The number of nitrogens with zero attached hydrogens (tertiary/aromatic N) is 6. The number of aromatic amines is 1. The maximum atomic E-state index is 13.7. The number of piperidine rings is 1. The number of nitrogens with one attached hydrogen (secondary N) is 1. The van der Waals surface area contributed by atoms with Crippen molar-refractivity contribution in [1.29, 1.82) is 0 Å². The minimum atomic E-state index is 0.00511. The summed E-state index contributed by atoms with van der Waals surface area (Å²) in [5.41, 5.74) is 13.2. The Kier molecular flexibility index (Phi) is 5.50. The summed E-state index contributed by atoms with van der Waals surface area (Å²) in [6.45, 7) is 1.60. The van der Waals surface area contributed by atoms with E-state index >= 15 is 0 Å². The normalized spacial score (nSPS) is 21.3. The van der Waals surface area contributed by atoms with Gasteiger partial charge in [-0.05, 0) is 73.9 Å². The largest absolute Gasteiger partial charge is 0.494 e. The van der Waals surface area contributed by atoms with Crippen molar-refractivity contribution < 1.29 is 9.53 Å². The molecule has 4 aromatic heterocycles. The molecule has 1 aliphatic heterocycles. The number of likely N-dealkylation sites (tertiary alicyclic amines) is 1. The summed E-state index contributed by atoms with van der Waals surface area (Å²) < 4.78 is 10.3. The van der Waals surface area contributed by atoms with Gasteiger partial charge in [-0.1, -0.05) is 18.2 Å². The van der Waals surface area contributed by atoms with Crippen LogP contribution in [0.2, 0.25) is 0 Å². The molecule has 2 bridgehead atoms. The fourth-order valence-electron chi connectivity index (χ4n) is 7.61. The Bertz CT molecular complexity index is 2120. The van der Waals surface area contributed by atoms with Gasteiger partial charge in [-0.3, -0.25) is 9.89 Å². The third-order valence-electron chi connectivity index (χ3n) is 10.1. The quantitative estimate of drug-likeness (QED) is 0.280. The van der Waals surface area contributed by atoms with Crippen LogP contribution >= 0.6 is 0 Å². The van der Waals surface area contributed by atoms with Crippen LogP contribution < -0.4 is 10.5 Å². The van der Waals surface area contributed by atoms with E-state index in [-0.39, 0.29) is 18.0 Å². The maximum absolute atomic E-state index is 13.7. The van der Waals surface area contributed by atoms with Crippen LogP contribution in [-0.2, 0) is 13.6 Å². The van der Waals surface area contributed by atoms with Gasteiger partial charge in [-0.2, -0.15) is 5.10 Å². The molecule has 222 valence electrons. The van der Waals surface area contributed by atoms with Crippen molar-refractivity contribution >= 4 is 38.9 Å². The Balaban J connectivity index is 1.17. The molecule has 3 N–H and O–H groups in total. The van der Waals surface area contributed by atoms with Crippen molar-refractivity contribution in [2.45, 2.75) is 44.3 Å². The molecule has 2 aliphatic carbocycles. The summed E-state index contributed by atoms with van der Waals surface area (Å²) >= 11 is 0. The first kappa shape index (κ1) is 25.8. The number of methoxy groups -OCH3 is 1. The fourth-order valence-corrected chi connectivity index (χ4v) is 7.61. The number of imidazole rings is 1. The Hall–Kier alpha value is -4.70. The number of ether oxygens (including phenoxy) is 1. The van der Waals surface area contributed by atoms with Gasteiger partial charge in [0, 0.05) is 48.6 Å². The molecule has 3 fully saturated rings. The number of para-hydroxylation sites is 1. The van der Waals surface area contributed by atoms with Crippen molar-refractivity contribution in [3.05, 3.63) is 60.2 Å². The van der Waals surface area contributed by atoms with E-state index in [1.54, 1.807) is 7.11 Å². The highest BCUT2D eigenvalue weighted by Crippen LogP contribution is 2.40. The van der Waals surface area contributed by atoms with E-state index in [1.165, 1.54) is 12.8 Å². The molecule has 0 spiro atoms. The molecule has 2 aromatic carbocycles. The highest BCUT2D eigenvalue weighted by atomic mass is 16.5. The summed E-state index contributed by atoms with van der Waals surface area (Å²) in [5, 5.41) is 9.85. The van der Waals surface area contributed by atoms with Gasteiger partial charge in [0.15, 0.2) is 5.82 Å². The molecule has 5 heterocycles. The van der Waals surface area contributed by atoms with Crippen molar-refractivity contribution in [2.24, 2.45) is 24.6 Å². The number of nitrogens with two attached hydrogens (primary N) is 1. The average molecular weight is 587 g/mol. The second-order valence-corrected chi connectivity index (χ2v) is 12.8. The molecule has 2 unspecified atom stereocenters. The predicted octanol–water partition coefficient (Wildman–Crippen LogP) is 5.11. The topological polar surface area (TPSA) is 120 Å². The molecule has 3 atom stereocenters. The van der Waals surface area contributed by atoms with Gasteiger partial charge < -0.3 is 24.5 Å². The number of benzene rings is 2. The standard InChI is InChI=1S/C34H34N8O2/c1-40-31-25(13-21(15-28(31)44-2)34(43)42-17-20-10-12-26(42)29(20)35)37-33(40)27-14-19-9-11-24(36-32(19)41(27)16-18-7-8-18)30-22-5-3-4-6-23(22)38-39-30/h3-6,9,11,13-15,18,20,26,29H,7-8,10,12,16-17,35H2,1-2H3,(H,38,39)/t20?,26?,29-/m1/s1. The predicted molar refractivity (Wildman–Crippen MR) is 169 cm³/mol. The zero-order valence-electron chi connectivity index (χ0n) is 24.8. The lowest BCUT2D eigenvalue weighted by molar-refractivity contribution is 0.0700. The molecule has 2 saturated carbocycles.